The second kappa shape index (κ2) is 18.6. The van der Waals surface area contributed by atoms with Crippen molar-refractivity contribution in [3.05, 3.63) is 223 Å². The zero-order valence-electron chi connectivity index (χ0n) is 42.4. The lowest BCUT2D eigenvalue weighted by atomic mass is 9.82. The number of hydrogen-bond donors (Lipinski definition) is 0. The van der Waals surface area contributed by atoms with Gasteiger partial charge in [0, 0.05) is 38.9 Å². The molecule has 0 amide bonds. The zero-order valence-corrected chi connectivity index (χ0v) is 42.4. The lowest BCUT2D eigenvalue weighted by molar-refractivity contribution is 0.242. The van der Waals surface area contributed by atoms with Crippen molar-refractivity contribution in [1.82, 2.24) is 4.57 Å². The van der Waals surface area contributed by atoms with Crippen molar-refractivity contribution in [1.29, 1.82) is 0 Å². The van der Waals surface area contributed by atoms with Crippen LogP contribution < -0.4 is 9.64 Å². The molecule has 1 aliphatic rings. The van der Waals surface area contributed by atoms with Crippen LogP contribution in [0, 0.1) is 11.8 Å². The minimum atomic E-state index is -0.113. The molecule has 1 atom stereocenters. The van der Waals surface area contributed by atoms with E-state index >= 15 is 0 Å². The number of rotatable bonds is 13. The average Bonchev–Trinajstić information content (AvgIpc) is 3.83. The van der Waals surface area contributed by atoms with Crippen molar-refractivity contribution in [3.63, 3.8) is 0 Å². The first-order valence-corrected chi connectivity index (χ1v) is 25.7. The first kappa shape index (κ1) is 45.8. The second-order valence-electron chi connectivity index (χ2n) is 21.3. The van der Waals surface area contributed by atoms with Gasteiger partial charge in [-0.05, 0) is 184 Å². The summed E-state index contributed by atoms with van der Waals surface area (Å²) in [4.78, 5) is 2.41. The van der Waals surface area contributed by atoms with Crippen molar-refractivity contribution in [2.45, 2.75) is 79.2 Å². The summed E-state index contributed by atoms with van der Waals surface area (Å²) in [5, 5.41) is 2.45. The molecule has 0 aliphatic heterocycles. The Labute approximate surface area is 421 Å². The lowest BCUT2D eigenvalue weighted by Crippen LogP contribution is -2.16. The topological polar surface area (TPSA) is 17.4 Å². The fraction of sp³-hybridized carbons (Fsp3) is 0.206. The van der Waals surface area contributed by atoms with E-state index in [-0.39, 0.29) is 11.5 Å². The molecule has 0 fully saturated rings. The molecule has 352 valence electrons. The SMILES string of the molecule is CC(C)CC(c1ccc(-c2ccc3c(c2)c2cc(-c4ccc(N(c5ccc(-c6ccccc6)cc5)c5ccc6c(c5)C(C)(C)c5ccccc5-6)cc4)ccc2n3-c2ccc(OC(C)C)cc2)cc1)C(C)C. The number of ether oxygens (including phenoxy) is 1. The highest BCUT2D eigenvalue weighted by Crippen LogP contribution is 2.51. The van der Waals surface area contributed by atoms with Crippen LogP contribution in [0.4, 0.5) is 17.1 Å². The predicted octanol–water partition coefficient (Wildman–Crippen LogP) is 19.1. The second-order valence-corrected chi connectivity index (χ2v) is 21.3. The number of aromatic nitrogens is 1. The van der Waals surface area contributed by atoms with Gasteiger partial charge >= 0.3 is 0 Å². The van der Waals surface area contributed by atoms with E-state index < -0.39 is 0 Å². The van der Waals surface area contributed by atoms with E-state index in [2.05, 4.69) is 271 Å². The molecule has 1 aliphatic carbocycles. The minimum Gasteiger partial charge on any atom is -0.491 e. The molecule has 0 bridgehead atoms. The van der Waals surface area contributed by atoms with Gasteiger partial charge in [-0.15, -0.1) is 0 Å². The van der Waals surface area contributed by atoms with E-state index in [1.54, 1.807) is 0 Å². The molecule has 9 aromatic carbocycles. The maximum absolute atomic E-state index is 6.07. The molecule has 10 aromatic rings. The van der Waals surface area contributed by atoms with Gasteiger partial charge in [0.25, 0.3) is 0 Å². The molecule has 0 radical (unpaired) electrons. The molecule has 1 heterocycles. The van der Waals surface area contributed by atoms with Gasteiger partial charge in [-0.25, -0.2) is 0 Å². The highest BCUT2D eigenvalue weighted by molar-refractivity contribution is 6.11. The van der Waals surface area contributed by atoms with Gasteiger partial charge in [0.1, 0.15) is 5.75 Å². The quantitative estimate of drug-likeness (QED) is 0.115. The average molecular weight is 925 g/mol. The van der Waals surface area contributed by atoms with E-state index in [1.165, 1.54) is 89.4 Å². The molecule has 0 saturated carbocycles. The Kier molecular flexibility index (Phi) is 12.0. The van der Waals surface area contributed by atoms with Gasteiger partial charge in [-0.1, -0.05) is 163 Å². The van der Waals surface area contributed by atoms with Crippen LogP contribution in [0.2, 0.25) is 0 Å². The fourth-order valence-electron chi connectivity index (χ4n) is 11.3. The van der Waals surface area contributed by atoms with Gasteiger partial charge in [-0.3, -0.25) is 0 Å². The number of benzene rings is 9. The summed E-state index contributed by atoms with van der Waals surface area (Å²) >= 11 is 0. The van der Waals surface area contributed by atoms with E-state index in [1.807, 2.05) is 0 Å². The van der Waals surface area contributed by atoms with Crippen LogP contribution >= 0.6 is 0 Å². The highest BCUT2D eigenvalue weighted by Gasteiger charge is 2.36. The van der Waals surface area contributed by atoms with Crippen molar-refractivity contribution in [2.24, 2.45) is 11.8 Å². The summed E-state index contributed by atoms with van der Waals surface area (Å²) in [6, 6.07) is 76.6. The molecule has 1 aromatic heterocycles. The Morgan fingerprint density at radius 3 is 1.51 bits per heavy atom. The van der Waals surface area contributed by atoms with E-state index in [4.69, 9.17) is 4.74 Å². The first-order chi connectivity index (χ1) is 34.4. The van der Waals surface area contributed by atoms with Crippen molar-refractivity contribution >= 4 is 38.9 Å². The van der Waals surface area contributed by atoms with Crippen LogP contribution in [0.15, 0.2) is 206 Å². The van der Waals surface area contributed by atoms with Gasteiger partial charge in [0.2, 0.25) is 0 Å². The summed E-state index contributed by atoms with van der Waals surface area (Å²) in [5.74, 6) is 2.68. The van der Waals surface area contributed by atoms with Crippen LogP contribution in [-0.2, 0) is 5.41 Å². The summed E-state index contributed by atoms with van der Waals surface area (Å²) in [5.41, 5.74) is 20.7. The first-order valence-electron chi connectivity index (χ1n) is 25.7. The molecule has 3 nitrogen and oxygen atoms in total. The highest BCUT2D eigenvalue weighted by atomic mass is 16.5. The predicted molar refractivity (Wildman–Crippen MR) is 302 cm³/mol. The molecule has 71 heavy (non-hydrogen) atoms. The van der Waals surface area contributed by atoms with Gasteiger partial charge in [0.05, 0.1) is 17.1 Å². The van der Waals surface area contributed by atoms with E-state index in [9.17, 15) is 0 Å². The Morgan fingerprint density at radius 1 is 0.451 bits per heavy atom. The monoisotopic (exact) mass is 925 g/mol. The largest absolute Gasteiger partial charge is 0.491 e. The minimum absolute atomic E-state index is 0.111. The Bertz CT molecular complexity index is 3500. The Balaban J connectivity index is 0.995. The number of nitrogens with zero attached hydrogens (tertiary/aromatic N) is 2. The van der Waals surface area contributed by atoms with Crippen molar-refractivity contribution in [3.8, 4) is 55.9 Å². The molecule has 0 N–H and O–H groups in total. The van der Waals surface area contributed by atoms with Gasteiger partial charge in [0.15, 0.2) is 0 Å². The normalized spacial score (nSPS) is 13.3. The molecular weight excluding hydrogens is 861 g/mol. The number of fused-ring (bicyclic) bond motifs is 6. The smallest absolute Gasteiger partial charge is 0.119 e. The molecule has 3 heteroatoms. The molecule has 0 spiro atoms. The van der Waals surface area contributed by atoms with Crippen LogP contribution in [0.25, 0.3) is 72.0 Å². The third kappa shape index (κ3) is 8.63. The third-order valence-electron chi connectivity index (χ3n) is 15.0. The van der Waals surface area contributed by atoms with E-state index in [0.29, 0.717) is 17.8 Å². The van der Waals surface area contributed by atoms with Crippen molar-refractivity contribution < 1.29 is 4.74 Å². The molecule has 11 rings (SSSR count). The lowest BCUT2D eigenvalue weighted by Gasteiger charge is -2.28. The van der Waals surface area contributed by atoms with Crippen LogP contribution in [0.1, 0.15) is 84.4 Å². The van der Waals surface area contributed by atoms with Crippen molar-refractivity contribution in [2.75, 3.05) is 4.90 Å². The molecule has 1 unspecified atom stereocenters. The Hall–Kier alpha value is -7.62. The maximum Gasteiger partial charge on any atom is 0.119 e. The molecular formula is C68H64N2O. The molecule has 0 saturated heterocycles. The van der Waals surface area contributed by atoms with Crippen LogP contribution in [0.5, 0.6) is 5.75 Å². The number of hydrogen-bond acceptors (Lipinski definition) is 2. The third-order valence-corrected chi connectivity index (χ3v) is 15.0. The zero-order chi connectivity index (χ0) is 49.0. The summed E-state index contributed by atoms with van der Waals surface area (Å²) in [6.45, 7) is 18.2. The van der Waals surface area contributed by atoms with Crippen LogP contribution in [0.3, 0.4) is 0 Å². The summed E-state index contributed by atoms with van der Waals surface area (Å²) in [7, 11) is 0. The Morgan fingerprint density at radius 2 is 0.944 bits per heavy atom. The van der Waals surface area contributed by atoms with Gasteiger partial charge < -0.3 is 14.2 Å². The number of anilines is 3. The standard InChI is InChI=1S/C68H64N2O/c1-44(2)40-61(45(3)4)51-20-18-49(19-21-51)52-26-38-66-62(41-52)63-42-53(27-39-67(63)70(66)56-32-35-58(36-33-56)71-46(5)6)50-24-30-55(31-25-50)69(54-28-22-48(23-29-54)47-14-10-9-11-15-47)57-34-37-60-59-16-12-13-17-64(59)68(7,8)65(60)43-57/h9-39,41-46,61H,40H2,1-8H3. The van der Waals surface area contributed by atoms with E-state index in [0.717, 1.165) is 28.5 Å². The summed E-state index contributed by atoms with van der Waals surface area (Å²) in [6.07, 6.45) is 1.31. The van der Waals surface area contributed by atoms with Gasteiger partial charge in [-0.2, -0.15) is 0 Å². The summed E-state index contributed by atoms with van der Waals surface area (Å²) < 4.78 is 8.47. The maximum atomic E-state index is 6.07. The van der Waals surface area contributed by atoms with Crippen LogP contribution in [-0.4, -0.2) is 10.7 Å². The fourth-order valence-corrected chi connectivity index (χ4v) is 11.3.